The van der Waals surface area contributed by atoms with E-state index in [4.69, 9.17) is 4.55 Å². The number of nitrogens with one attached hydrogen (secondary N) is 2. The van der Waals surface area contributed by atoms with E-state index in [0.717, 1.165) is 16.3 Å². The van der Waals surface area contributed by atoms with Crippen LogP contribution in [-0.2, 0) is 21.5 Å². The van der Waals surface area contributed by atoms with Gasteiger partial charge in [-0.15, -0.1) is 11.3 Å². The molecule has 26 heavy (non-hydrogen) atoms. The third-order valence-electron chi connectivity index (χ3n) is 3.47. The lowest BCUT2D eigenvalue weighted by Gasteiger charge is -2.23. The van der Waals surface area contributed by atoms with Crippen molar-refractivity contribution in [3.63, 3.8) is 0 Å². The third-order valence-corrected chi connectivity index (χ3v) is 5.04. The van der Waals surface area contributed by atoms with Gasteiger partial charge in [0.05, 0.1) is 11.7 Å². The molecule has 9 heteroatoms. The van der Waals surface area contributed by atoms with Gasteiger partial charge in [0.1, 0.15) is 5.01 Å². The fourth-order valence-corrected chi connectivity index (χ4v) is 3.40. The van der Waals surface area contributed by atoms with Crippen LogP contribution < -0.4 is 10.0 Å². The van der Waals surface area contributed by atoms with Crippen molar-refractivity contribution < 1.29 is 17.8 Å². The first-order valence-corrected chi connectivity index (χ1v) is 10.2. The van der Waals surface area contributed by atoms with Crippen LogP contribution in [0.25, 0.3) is 0 Å². The summed E-state index contributed by atoms with van der Waals surface area (Å²) in [7, 11) is -4.32. The summed E-state index contributed by atoms with van der Waals surface area (Å²) in [6, 6.07) is 7.30. The fourth-order valence-electron chi connectivity index (χ4n) is 2.12. The molecule has 1 atom stereocenters. The maximum Gasteiger partial charge on any atom is 0.357 e. The zero-order chi connectivity index (χ0) is 19.5. The summed E-state index contributed by atoms with van der Waals surface area (Å²) in [6.07, 6.45) is 0.459. The molecule has 7 nitrogen and oxygen atoms in total. The molecule has 141 valence electrons. The van der Waals surface area contributed by atoms with Crippen LogP contribution in [-0.4, -0.2) is 23.9 Å². The molecule has 1 amide bonds. The highest BCUT2D eigenvalue weighted by Gasteiger charge is 2.26. The molecule has 0 saturated heterocycles. The highest BCUT2D eigenvalue weighted by atomic mass is 32.2. The molecular formula is C17H22N3O4S2. The fraction of sp³-hybridized carbons (Fsp3) is 0.412. The molecule has 0 bridgehead atoms. The van der Waals surface area contributed by atoms with Gasteiger partial charge in [-0.05, 0) is 37.1 Å². The first-order valence-electron chi connectivity index (χ1n) is 7.93. The summed E-state index contributed by atoms with van der Waals surface area (Å²) in [4.78, 5) is 16.9. The van der Waals surface area contributed by atoms with Crippen molar-refractivity contribution in [1.82, 2.24) is 10.3 Å². The number of nitrogens with zero attached hydrogens (tertiary/aromatic N) is 1. The Hall–Kier alpha value is -1.97. The monoisotopic (exact) mass is 396 g/mol. The van der Waals surface area contributed by atoms with E-state index in [-0.39, 0.29) is 17.6 Å². The molecule has 1 aromatic heterocycles. The first kappa shape index (κ1) is 20.3. The summed E-state index contributed by atoms with van der Waals surface area (Å²) in [5.74, 6) is -0.0833. The van der Waals surface area contributed by atoms with E-state index in [1.807, 2.05) is 37.8 Å². The van der Waals surface area contributed by atoms with Crippen molar-refractivity contribution in [1.29, 1.82) is 0 Å². The molecule has 1 aromatic carbocycles. The van der Waals surface area contributed by atoms with E-state index < -0.39 is 15.7 Å². The normalized spacial score (nSPS) is 13.3. The second kappa shape index (κ2) is 7.73. The van der Waals surface area contributed by atoms with Crippen molar-refractivity contribution in [2.24, 2.45) is 5.41 Å². The molecule has 1 unspecified atom stereocenters. The summed E-state index contributed by atoms with van der Waals surface area (Å²) < 4.78 is 32.5. The minimum atomic E-state index is -4.32. The Labute approximate surface area is 157 Å². The van der Waals surface area contributed by atoms with Crippen molar-refractivity contribution in [2.75, 3.05) is 4.72 Å². The number of rotatable bonds is 6. The van der Waals surface area contributed by atoms with Crippen molar-refractivity contribution in [3.05, 3.63) is 45.9 Å². The second-order valence-corrected chi connectivity index (χ2v) is 9.03. The number of hydrogen-bond donors (Lipinski definition) is 3. The van der Waals surface area contributed by atoms with Gasteiger partial charge < -0.3 is 5.32 Å². The molecule has 0 spiro atoms. The van der Waals surface area contributed by atoms with Gasteiger partial charge in [0, 0.05) is 16.5 Å². The highest BCUT2D eigenvalue weighted by molar-refractivity contribution is 7.87. The van der Waals surface area contributed by atoms with Crippen LogP contribution in [0.1, 0.15) is 43.1 Å². The molecule has 1 radical (unpaired) electrons. The van der Waals surface area contributed by atoms with Crippen LogP contribution in [0.15, 0.2) is 23.6 Å². The number of carbonyl (C=O) groups excluding carboxylic acids is 1. The van der Waals surface area contributed by atoms with Crippen LogP contribution in [0.5, 0.6) is 0 Å². The Kier molecular flexibility index (Phi) is 6.05. The van der Waals surface area contributed by atoms with Gasteiger partial charge in [0.25, 0.3) is 0 Å². The number of anilines is 1. The van der Waals surface area contributed by atoms with Crippen molar-refractivity contribution in [2.45, 2.75) is 40.2 Å². The van der Waals surface area contributed by atoms with Crippen LogP contribution in [0.4, 0.5) is 5.69 Å². The number of benzene rings is 1. The molecule has 1 heterocycles. The Morgan fingerprint density at radius 1 is 1.38 bits per heavy atom. The smallest absolute Gasteiger partial charge is 0.346 e. The quantitative estimate of drug-likeness (QED) is 0.651. The average molecular weight is 397 g/mol. The zero-order valence-corrected chi connectivity index (χ0v) is 16.7. The van der Waals surface area contributed by atoms with Gasteiger partial charge in [-0.1, -0.05) is 26.8 Å². The van der Waals surface area contributed by atoms with E-state index in [9.17, 15) is 13.2 Å². The molecule has 0 aliphatic heterocycles. The van der Waals surface area contributed by atoms with Gasteiger partial charge in [0.15, 0.2) is 0 Å². The lowest BCUT2D eigenvalue weighted by atomic mass is 9.94. The molecule has 2 aromatic rings. The van der Waals surface area contributed by atoms with Crippen LogP contribution in [0.2, 0.25) is 0 Å². The van der Waals surface area contributed by atoms with Gasteiger partial charge in [0.2, 0.25) is 5.91 Å². The predicted octanol–water partition coefficient (Wildman–Crippen LogP) is 2.91. The summed E-state index contributed by atoms with van der Waals surface area (Å²) >= 11 is 1.48. The van der Waals surface area contributed by atoms with Gasteiger partial charge >= 0.3 is 10.3 Å². The van der Waals surface area contributed by atoms with Gasteiger partial charge in [-0.3, -0.25) is 14.1 Å². The minimum absolute atomic E-state index is 0.0833. The number of aryl methyl sites for hydroxylation is 1. The lowest BCUT2D eigenvalue weighted by Crippen LogP contribution is -2.38. The van der Waals surface area contributed by atoms with Crippen LogP contribution >= 0.6 is 11.3 Å². The molecule has 2 rings (SSSR count). The van der Waals surface area contributed by atoms with Crippen molar-refractivity contribution in [3.8, 4) is 0 Å². The topological polar surface area (TPSA) is 108 Å². The Balaban J connectivity index is 2.19. The number of aromatic nitrogens is 1. The van der Waals surface area contributed by atoms with E-state index in [0.29, 0.717) is 6.42 Å². The molecule has 3 N–H and O–H groups in total. The average Bonchev–Trinajstić information content (AvgIpc) is 2.92. The third kappa shape index (κ3) is 6.08. The Bertz CT molecular complexity index is 868. The number of thiazole rings is 1. The summed E-state index contributed by atoms with van der Waals surface area (Å²) in [5.41, 5.74) is 1.34. The van der Waals surface area contributed by atoms with E-state index in [2.05, 4.69) is 16.4 Å². The number of carbonyl (C=O) groups is 1. The summed E-state index contributed by atoms with van der Waals surface area (Å²) in [5, 5.41) is 5.75. The van der Waals surface area contributed by atoms with E-state index >= 15 is 0 Å². The minimum Gasteiger partial charge on any atom is -0.346 e. The van der Waals surface area contributed by atoms with Gasteiger partial charge in [-0.25, -0.2) is 4.98 Å². The van der Waals surface area contributed by atoms with E-state index in [1.165, 1.54) is 23.5 Å². The maximum absolute atomic E-state index is 12.4. The molecule has 0 aliphatic rings. The Morgan fingerprint density at radius 3 is 2.54 bits per heavy atom. The van der Waals surface area contributed by atoms with E-state index in [1.54, 1.807) is 6.07 Å². The number of amides is 1. The molecule has 0 aliphatic carbocycles. The molecule has 0 fully saturated rings. The van der Waals surface area contributed by atoms with Gasteiger partial charge in [-0.2, -0.15) is 8.42 Å². The first-order chi connectivity index (χ1) is 11.9. The van der Waals surface area contributed by atoms with Crippen molar-refractivity contribution >= 4 is 33.2 Å². The molecule has 0 saturated carbocycles. The lowest BCUT2D eigenvalue weighted by molar-refractivity contribution is -0.129. The number of hydrogen-bond acceptors (Lipinski definition) is 5. The van der Waals surface area contributed by atoms with Crippen LogP contribution in [0.3, 0.4) is 0 Å². The maximum atomic E-state index is 12.4. The second-order valence-electron chi connectivity index (χ2n) is 6.99. The molecular weight excluding hydrogens is 374 g/mol. The summed E-state index contributed by atoms with van der Waals surface area (Å²) in [6.45, 7) is 7.42. The standard InChI is InChI=1S/C17H22N3O4S2/c1-11-10-25-15(18-11)14(19-16(21)17(2,3)4)9-12-5-7-13(8-6-12)20-26(22,23)24/h5,7-8,10,14,20H,9H2,1-4H3,(H,19,21)(H,22,23,24). The predicted molar refractivity (Wildman–Crippen MR) is 101 cm³/mol. The largest absolute Gasteiger partial charge is 0.357 e. The zero-order valence-electron chi connectivity index (χ0n) is 15.0. The Morgan fingerprint density at radius 2 is 2.08 bits per heavy atom. The highest BCUT2D eigenvalue weighted by Crippen LogP contribution is 2.25. The SMILES string of the molecule is Cc1csc(C(Cc2[c]cc(NS(=O)(=O)O)cc2)NC(=O)C(C)(C)C)n1. The van der Waals surface area contributed by atoms with Crippen LogP contribution in [0, 0.1) is 18.4 Å².